The molecule has 0 atom stereocenters. The Bertz CT molecular complexity index is 372. The van der Waals surface area contributed by atoms with Gasteiger partial charge in [-0.3, -0.25) is 9.69 Å². The van der Waals surface area contributed by atoms with Crippen LogP contribution in [0, 0.1) is 0 Å². The first-order valence-corrected chi connectivity index (χ1v) is 6.95. The van der Waals surface area contributed by atoms with Crippen LogP contribution in [0.4, 0.5) is 0 Å². The van der Waals surface area contributed by atoms with Crippen LogP contribution in [0.1, 0.15) is 12.2 Å². The molecule has 1 aliphatic heterocycles. The highest BCUT2D eigenvalue weighted by Gasteiger charge is 2.13. The number of piperazine rings is 1. The van der Waals surface area contributed by atoms with E-state index in [1.807, 2.05) is 24.1 Å². The number of nitrogens with one attached hydrogen (secondary N) is 1. The minimum atomic E-state index is 0.187. The SMILES string of the molecule is CN(CCN1CCNCC1)C(=O)CCc1ccco1. The molecule has 106 valence electrons. The molecule has 19 heavy (non-hydrogen) atoms. The number of nitrogens with zero attached hydrogens (tertiary/aromatic N) is 2. The van der Waals surface area contributed by atoms with E-state index in [9.17, 15) is 4.79 Å². The zero-order valence-corrected chi connectivity index (χ0v) is 11.6. The fourth-order valence-electron chi connectivity index (χ4n) is 2.23. The van der Waals surface area contributed by atoms with Gasteiger partial charge >= 0.3 is 0 Å². The van der Waals surface area contributed by atoms with E-state index in [0.717, 1.165) is 45.0 Å². The van der Waals surface area contributed by atoms with Crippen LogP contribution in [-0.4, -0.2) is 62.0 Å². The minimum Gasteiger partial charge on any atom is -0.469 e. The highest BCUT2D eigenvalue weighted by atomic mass is 16.3. The van der Waals surface area contributed by atoms with E-state index < -0.39 is 0 Å². The van der Waals surface area contributed by atoms with Crippen molar-refractivity contribution in [3.63, 3.8) is 0 Å². The van der Waals surface area contributed by atoms with Crippen LogP contribution < -0.4 is 5.32 Å². The summed E-state index contributed by atoms with van der Waals surface area (Å²) in [6.07, 6.45) is 2.85. The first-order chi connectivity index (χ1) is 9.25. The Kier molecular flexibility index (Phi) is 5.42. The van der Waals surface area contributed by atoms with Gasteiger partial charge < -0.3 is 14.6 Å². The summed E-state index contributed by atoms with van der Waals surface area (Å²) in [5.74, 6) is 1.07. The highest BCUT2D eigenvalue weighted by Crippen LogP contribution is 2.05. The maximum Gasteiger partial charge on any atom is 0.222 e. The second kappa shape index (κ2) is 7.31. The molecule has 2 heterocycles. The minimum absolute atomic E-state index is 0.187. The van der Waals surface area contributed by atoms with Crippen molar-refractivity contribution in [2.75, 3.05) is 46.3 Å². The molecule has 2 rings (SSSR count). The molecule has 1 saturated heterocycles. The van der Waals surface area contributed by atoms with Gasteiger partial charge in [0.15, 0.2) is 0 Å². The van der Waals surface area contributed by atoms with Crippen LogP contribution in [-0.2, 0) is 11.2 Å². The Morgan fingerprint density at radius 1 is 1.47 bits per heavy atom. The van der Waals surface area contributed by atoms with Gasteiger partial charge in [-0.25, -0.2) is 0 Å². The number of rotatable bonds is 6. The Morgan fingerprint density at radius 2 is 2.26 bits per heavy atom. The maximum absolute atomic E-state index is 12.0. The standard InChI is InChI=1S/C14H23N3O2/c1-16(10-11-17-8-6-15-7-9-17)14(18)5-4-13-3-2-12-19-13/h2-3,12,15H,4-11H2,1H3. The summed E-state index contributed by atoms with van der Waals surface area (Å²) in [6, 6.07) is 3.77. The summed E-state index contributed by atoms with van der Waals surface area (Å²) in [7, 11) is 1.88. The van der Waals surface area contributed by atoms with Crippen LogP contribution in [0.2, 0.25) is 0 Å². The van der Waals surface area contributed by atoms with E-state index in [4.69, 9.17) is 4.42 Å². The van der Waals surface area contributed by atoms with Gasteiger partial charge in [-0.05, 0) is 12.1 Å². The molecule has 1 N–H and O–H groups in total. The van der Waals surface area contributed by atoms with Gasteiger partial charge in [0.1, 0.15) is 5.76 Å². The summed E-state index contributed by atoms with van der Waals surface area (Å²) >= 11 is 0. The molecule has 5 nitrogen and oxygen atoms in total. The zero-order valence-electron chi connectivity index (χ0n) is 11.6. The van der Waals surface area contributed by atoms with Crippen molar-refractivity contribution in [1.29, 1.82) is 0 Å². The first-order valence-electron chi connectivity index (χ1n) is 6.95. The maximum atomic E-state index is 12.0. The third kappa shape index (κ3) is 4.69. The Balaban J connectivity index is 1.64. The van der Waals surface area contributed by atoms with Gasteiger partial charge in [0.05, 0.1) is 6.26 Å². The summed E-state index contributed by atoms with van der Waals surface area (Å²) in [6.45, 7) is 6.02. The van der Waals surface area contributed by atoms with Gasteiger partial charge in [0, 0.05) is 59.2 Å². The van der Waals surface area contributed by atoms with E-state index in [2.05, 4.69) is 10.2 Å². The first kappa shape index (κ1) is 14.1. The topological polar surface area (TPSA) is 48.7 Å². The Morgan fingerprint density at radius 3 is 2.95 bits per heavy atom. The van der Waals surface area contributed by atoms with Gasteiger partial charge in [-0.2, -0.15) is 0 Å². The lowest BCUT2D eigenvalue weighted by Gasteiger charge is -2.29. The molecule has 0 bridgehead atoms. The molecular weight excluding hydrogens is 242 g/mol. The molecule has 1 aromatic heterocycles. The summed E-state index contributed by atoms with van der Waals surface area (Å²) in [4.78, 5) is 16.2. The van der Waals surface area contributed by atoms with E-state index in [1.54, 1.807) is 6.26 Å². The van der Waals surface area contributed by atoms with Crippen molar-refractivity contribution in [3.8, 4) is 0 Å². The predicted octanol–water partition coefficient (Wildman–Crippen LogP) is 0.576. The average Bonchev–Trinajstić information content (AvgIpc) is 2.96. The molecule has 1 aromatic rings. The molecule has 0 unspecified atom stereocenters. The van der Waals surface area contributed by atoms with Gasteiger partial charge in [0.25, 0.3) is 0 Å². The molecule has 5 heteroatoms. The third-order valence-electron chi connectivity index (χ3n) is 3.55. The van der Waals surface area contributed by atoms with E-state index in [0.29, 0.717) is 12.8 Å². The second-order valence-corrected chi connectivity index (χ2v) is 4.99. The summed E-state index contributed by atoms with van der Waals surface area (Å²) in [5, 5.41) is 3.33. The lowest BCUT2D eigenvalue weighted by Crippen LogP contribution is -2.46. The van der Waals surface area contributed by atoms with Crippen molar-refractivity contribution in [2.45, 2.75) is 12.8 Å². The van der Waals surface area contributed by atoms with Crippen molar-refractivity contribution >= 4 is 5.91 Å². The molecule has 1 fully saturated rings. The van der Waals surface area contributed by atoms with Crippen LogP contribution in [0.5, 0.6) is 0 Å². The number of carbonyl (C=O) groups is 1. The van der Waals surface area contributed by atoms with Gasteiger partial charge in [-0.1, -0.05) is 0 Å². The molecule has 0 saturated carbocycles. The second-order valence-electron chi connectivity index (χ2n) is 4.99. The summed E-state index contributed by atoms with van der Waals surface area (Å²) < 4.78 is 5.23. The van der Waals surface area contributed by atoms with Crippen LogP contribution in [0.3, 0.4) is 0 Å². The third-order valence-corrected chi connectivity index (χ3v) is 3.55. The lowest BCUT2D eigenvalue weighted by molar-refractivity contribution is -0.130. The van der Waals surface area contributed by atoms with E-state index in [-0.39, 0.29) is 5.91 Å². The molecule has 0 aromatic carbocycles. The molecule has 0 aliphatic carbocycles. The van der Waals surface area contributed by atoms with Gasteiger partial charge in [0.2, 0.25) is 5.91 Å². The molecular formula is C14H23N3O2. The van der Waals surface area contributed by atoms with Crippen molar-refractivity contribution in [3.05, 3.63) is 24.2 Å². The number of amides is 1. The quantitative estimate of drug-likeness (QED) is 0.817. The number of furan rings is 1. The van der Waals surface area contributed by atoms with Crippen molar-refractivity contribution in [1.82, 2.24) is 15.1 Å². The van der Waals surface area contributed by atoms with Crippen LogP contribution in [0.15, 0.2) is 22.8 Å². The highest BCUT2D eigenvalue weighted by molar-refractivity contribution is 5.76. The Labute approximate surface area is 114 Å². The predicted molar refractivity (Wildman–Crippen MR) is 74.0 cm³/mol. The molecule has 0 radical (unpaired) electrons. The number of aryl methyl sites for hydroxylation is 1. The number of hydrogen-bond acceptors (Lipinski definition) is 4. The number of hydrogen-bond donors (Lipinski definition) is 1. The average molecular weight is 265 g/mol. The fourth-order valence-corrected chi connectivity index (χ4v) is 2.23. The van der Waals surface area contributed by atoms with E-state index >= 15 is 0 Å². The molecule has 1 aliphatic rings. The number of carbonyl (C=O) groups excluding carboxylic acids is 1. The van der Waals surface area contributed by atoms with Crippen LogP contribution in [0.25, 0.3) is 0 Å². The fraction of sp³-hybridized carbons (Fsp3) is 0.643. The Hall–Kier alpha value is -1.33. The van der Waals surface area contributed by atoms with E-state index in [1.165, 1.54) is 0 Å². The smallest absolute Gasteiger partial charge is 0.222 e. The van der Waals surface area contributed by atoms with Gasteiger partial charge in [-0.15, -0.1) is 0 Å². The normalized spacial score (nSPS) is 16.5. The molecule has 1 amide bonds. The monoisotopic (exact) mass is 265 g/mol. The number of likely N-dealkylation sites (N-methyl/N-ethyl adjacent to an activating group) is 1. The summed E-state index contributed by atoms with van der Waals surface area (Å²) in [5.41, 5.74) is 0. The van der Waals surface area contributed by atoms with Crippen LogP contribution >= 0.6 is 0 Å². The van der Waals surface area contributed by atoms with Crippen molar-refractivity contribution in [2.24, 2.45) is 0 Å². The van der Waals surface area contributed by atoms with Crippen molar-refractivity contribution < 1.29 is 9.21 Å². The zero-order chi connectivity index (χ0) is 13.5. The largest absolute Gasteiger partial charge is 0.469 e. The lowest BCUT2D eigenvalue weighted by atomic mass is 10.2. The molecule has 0 spiro atoms.